The Bertz CT molecular complexity index is 936. The number of anilines is 1. The summed E-state index contributed by atoms with van der Waals surface area (Å²) >= 11 is 0. The lowest BCUT2D eigenvalue weighted by Gasteiger charge is -2.10. The molecule has 3 N–H and O–H groups in total. The standard InChI is InChI=1S/C15H11F3N4O/c1-20-15(23)14-21-6-10-12(17)7(4-5-22(10)14)11-8(16)2-3-9(19)13(11)18/h2-6H,19H2,1H3,(H,20,23). The van der Waals surface area contributed by atoms with Gasteiger partial charge in [0.05, 0.1) is 17.4 Å². The Labute approximate surface area is 128 Å². The molecule has 1 amide bonds. The van der Waals surface area contributed by atoms with Gasteiger partial charge in [-0.2, -0.15) is 0 Å². The fraction of sp³-hybridized carbons (Fsp3) is 0.0667. The SMILES string of the molecule is CNC(=O)c1ncc2c(F)c(-c3c(F)ccc(N)c3F)ccn12. The van der Waals surface area contributed by atoms with E-state index in [1.165, 1.54) is 17.6 Å². The predicted octanol–water partition coefficient (Wildman–Crippen LogP) is 2.36. The van der Waals surface area contributed by atoms with E-state index in [0.717, 1.165) is 24.4 Å². The molecular weight excluding hydrogens is 309 g/mol. The van der Waals surface area contributed by atoms with Crippen molar-refractivity contribution in [3.63, 3.8) is 0 Å². The van der Waals surface area contributed by atoms with Crippen LogP contribution < -0.4 is 11.1 Å². The highest BCUT2D eigenvalue weighted by molar-refractivity contribution is 5.92. The summed E-state index contributed by atoms with van der Waals surface area (Å²) < 4.78 is 43.9. The molecule has 23 heavy (non-hydrogen) atoms. The Hall–Kier alpha value is -3.03. The zero-order valence-corrected chi connectivity index (χ0v) is 11.9. The van der Waals surface area contributed by atoms with Crippen LogP contribution in [0, 0.1) is 17.5 Å². The number of carbonyl (C=O) groups is 1. The van der Waals surface area contributed by atoms with E-state index in [4.69, 9.17) is 5.73 Å². The van der Waals surface area contributed by atoms with Gasteiger partial charge in [0.2, 0.25) is 5.82 Å². The van der Waals surface area contributed by atoms with Crippen molar-refractivity contribution < 1.29 is 18.0 Å². The summed E-state index contributed by atoms with van der Waals surface area (Å²) in [6.07, 6.45) is 2.43. The number of nitrogens with zero attached hydrogens (tertiary/aromatic N) is 2. The lowest BCUT2D eigenvalue weighted by Crippen LogP contribution is -2.20. The quantitative estimate of drug-likeness (QED) is 0.712. The minimum atomic E-state index is -1.04. The number of imidazole rings is 1. The average molecular weight is 320 g/mol. The lowest BCUT2D eigenvalue weighted by atomic mass is 10.0. The number of hydrogen-bond donors (Lipinski definition) is 2. The van der Waals surface area contributed by atoms with E-state index >= 15 is 0 Å². The summed E-state index contributed by atoms with van der Waals surface area (Å²) in [4.78, 5) is 15.5. The van der Waals surface area contributed by atoms with Crippen molar-refractivity contribution in [1.82, 2.24) is 14.7 Å². The minimum absolute atomic E-state index is 0.0403. The summed E-state index contributed by atoms with van der Waals surface area (Å²) in [7, 11) is 1.41. The number of carbonyl (C=O) groups excluding carboxylic acids is 1. The van der Waals surface area contributed by atoms with E-state index < -0.39 is 28.9 Å². The van der Waals surface area contributed by atoms with Crippen molar-refractivity contribution >= 4 is 17.1 Å². The molecule has 3 aromatic rings. The van der Waals surface area contributed by atoms with E-state index in [9.17, 15) is 18.0 Å². The molecule has 0 fully saturated rings. The fourth-order valence-electron chi connectivity index (χ4n) is 2.32. The molecule has 0 saturated heterocycles. The van der Waals surface area contributed by atoms with Crippen molar-refractivity contribution in [3.8, 4) is 11.1 Å². The Balaban J connectivity index is 2.28. The Morgan fingerprint density at radius 1 is 1.22 bits per heavy atom. The fourth-order valence-corrected chi connectivity index (χ4v) is 2.32. The van der Waals surface area contributed by atoms with Gasteiger partial charge in [0, 0.05) is 18.8 Å². The van der Waals surface area contributed by atoms with Gasteiger partial charge in [-0.25, -0.2) is 18.2 Å². The minimum Gasteiger partial charge on any atom is -0.396 e. The smallest absolute Gasteiger partial charge is 0.287 e. The van der Waals surface area contributed by atoms with Crippen LogP contribution in [0.15, 0.2) is 30.6 Å². The highest BCUT2D eigenvalue weighted by Gasteiger charge is 2.21. The van der Waals surface area contributed by atoms with Crippen LogP contribution in [0.2, 0.25) is 0 Å². The molecule has 0 radical (unpaired) electrons. The number of nitrogens with two attached hydrogens (primary N) is 1. The number of aromatic nitrogens is 2. The zero-order chi connectivity index (χ0) is 16.7. The van der Waals surface area contributed by atoms with E-state index in [1.54, 1.807) is 0 Å². The first-order valence-corrected chi connectivity index (χ1v) is 6.57. The average Bonchev–Trinajstić information content (AvgIpc) is 2.97. The van der Waals surface area contributed by atoms with Gasteiger partial charge in [0.1, 0.15) is 11.3 Å². The number of nitrogen functional groups attached to an aromatic ring is 1. The summed E-state index contributed by atoms with van der Waals surface area (Å²) in [5.41, 5.74) is 4.18. The van der Waals surface area contributed by atoms with Crippen molar-refractivity contribution in [2.75, 3.05) is 12.8 Å². The van der Waals surface area contributed by atoms with Crippen LogP contribution in [-0.4, -0.2) is 22.3 Å². The highest BCUT2D eigenvalue weighted by atomic mass is 19.1. The Kier molecular flexibility index (Phi) is 3.44. The number of nitrogens with one attached hydrogen (secondary N) is 1. The van der Waals surface area contributed by atoms with Gasteiger partial charge in [0.25, 0.3) is 5.91 Å². The molecule has 8 heteroatoms. The highest BCUT2D eigenvalue weighted by Crippen LogP contribution is 2.32. The molecule has 0 unspecified atom stereocenters. The van der Waals surface area contributed by atoms with Crippen LogP contribution in [0.25, 0.3) is 16.6 Å². The third-order valence-corrected chi connectivity index (χ3v) is 3.47. The molecule has 0 atom stereocenters. The molecule has 118 valence electrons. The van der Waals surface area contributed by atoms with Crippen molar-refractivity contribution in [2.45, 2.75) is 0 Å². The third-order valence-electron chi connectivity index (χ3n) is 3.47. The van der Waals surface area contributed by atoms with Gasteiger partial charge in [0.15, 0.2) is 11.6 Å². The molecule has 0 saturated carbocycles. The topological polar surface area (TPSA) is 72.4 Å². The number of fused-ring (bicyclic) bond motifs is 1. The molecule has 0 aliphatic heterocycles. The second-order valence-corrected chi connectivity index (χ2v) is 4.79. The molecule has 2 heterocycles. The molecule has 3 rings (SSSR count). The molecule has 0 bridgehead atoms. The normalized spacial score (nSPS) is 11.0. The van der Waals surface area contributed by atoms with Crippen molar-refractivity contribution in [1.29, 1.82) is 0 Å². The largest absolute Gasteiger partial charge is 0.396 e. The van der Waals surface area contributed by atoms with Gasteiger partial charge in [-0.15, -0.1) is 0 Å². The first-order valence-electron chi connectivity index (χ1n) is 6.57. The maximum absolute atomic E-state index is 14.7. The van der Waals surface area contributed by atoms with Crippen LogP contribution in [0.3, 0.4) is 0 Å². The number of rotatable bonds is 2. The number of amides is 1. The lowest BCUT2D eigenvalue weighted by molar-refractivity contribution is 0.0952. The zero-order valence-electron chi connectivity index (χ0n) is 11.9. The summed E-state index contributed by atoms with van der Waals surface area (Å²) in [6.45, 7) is 0. The van der Waals surface area contributed by atoms with Crippen LogP contribution in [0.5, 0.6) is 0 Å². The maximum atomic E-state index is 14.7. The summed E-state index contributed by atoms with van der Waals surface area (Å²) in [5.74, 6) is -3.44. The molecule has 1 aromatic carbocycles. The molecule has 0 aliphatic rings. The van der Waals surface area contributed by atoms with Crippen LogP contribution in [-0.2, 0) is 0 Å². The van der Waals surface area contributed by atoms with E-state index in [-0.39, 0.29) is 22.6 Å². The molecule has 0 spiro atoms. The Morgan fingerprint density at radius 3 is 2.65 bits per heavy atom. The van der Waals surface area contributed by atoms with Gasteiger partial charge in [-0.05, 0) is 18.2 Å². The number of pyridine rings is 1. The predicted molar refractivity (Wildman–Crippen MR) is 78.3 cm³/mol. The van der Waals surface area contributed by atoms with E-state index in [2.05, 4.69) is 10.3 Å². The third kappa shape index (κ3) is 2.19. The van der Waals surface area contributed by atoms with Crippen molar-refractivity contribution in [3.05, 3.63) is 53.9 Å². The van der Waals surface area contributed by atoms with Crippen LogP contribution in [0.1, 0.15) is 10.6 Å². The summed E-state index contributed by atoms with van der Waals surface area (Å²) in [5, 5.41) is 2.37. The van der Waals surface area contributed by atoms with Crippen LogP contribution >= 0.6 is 0 Å². The van der Waals surface area contributed by atoms with Gasteiger partial charge in [-0.3, -0.25) is 9.20 Å². The van der Waals surface area contributed by atoms with Crippen molar-refractivity contribution in [2.24, 2.45) is 0 Å². The molecule has 0 aliphatic carbocycles. The monoisotopic (exact) mass is 320 g/mol. The van der Waals surface area contributed by atoms with E-state index in [0.29, 0.717) is 0 Å². The first kappa shape index (κ1) is 14.9. The molecule has 2 aromatic heterocycles. The number of hydrogen-bond acceptors (Lipinski definition) is 3. The van der Waals surface area contributed by atoms with Gasteiger partial charge >= 0.3 is 0 Å². The number of halogens is 3. The molecule has 5 nitrogen and oxygen atoms in total. The van der Waals surface area contributed by atoms with Gasteiger partial charge in [-0.1, -0.05) is 0 Å². The number of benzene rings is 1. The van der Waals surface area contributed by atoms with E-state index in [1.807, 2.05) is 0 Å². The second-order valence-electron chi connectivity index (χ2n) is 4.79. The Morgan fingerprint density at radius 2 is 1.96 bits per heavy atom. The first-order chi connectivity index (χ1) is 11.0. The van der Waals surface area contributed by atoms with Gasteiger partial charge < -0.3 is 11.1 Å². The maximum Gasteiger partial charge on any atom is 0.287 e. The summed E-state index contributed by atoms with van der Waals surface area (Å²) in [6, 6.07) is 3.19. The van der Waals surface area contributed by atoms with Crippen LogP contribution in [0.4, 0.5) is 18.9 Å². The second kappa shape index (κ2) is 5.31. The molecular formula is C15H11F3N4O.